The first-order valence-electron chi connectivity index (χ1n) is 8.54. The van der Waals surface area contributed by atoms with E-state index in [9.17, 15) is 8.42 Å². The molecule has 1 N–H and O–H groups in total. The van der Waals surface area contributed by atoms with E-state index in [-0.39, 0.29) is 5.92 Å². The summed E-state index contributed by atoms with van der Waals surface area (Å²) in [6.45, 7) is 4.52. The number of pyridine rings is 1. The van der Waals surface area contributed by atoms with Crippen LogP contribution < -0.4 is 0 Å². The lowest BCUT2D eigenvalue weighted by Gasteiger charge is -2.33. The molecule has 132 valence electrons. The molecular weight excluding hydrogens is 338 g/mol. The molecule has 0 aliphatic carbocycles. The summed E-state index contributed by atoms with van der Waals surface area (Å²) < 4.78 is 26.8. The van der Waals surface area contributed by atoms with Crippen LogP contribution in [0.4, 0.5) is 0 Å². The third kappa shape index (κ3) is 2.69. The van der Waals surface area contributed by atoms with Crippen LogP contribution in [-0.4, -0.2) is 51.0 Å². The van der Waals surface area contributed by atoms with Crippen LogP contribution >= 0.6 is 0 Å². The van der Waals surface area contributed by atoms with E-state index in [0.717, 1.165) is 40.5 Å². The molecule has 1 saturated heterocycles. The lowest BCUT2D eigenvalue weighted by Crippen LogP contribution is -2.42. The van der Waals surface area contributed by atoms with E-state index in [1.165, 1.54) is 0 Å². The molecule has 8 heteroatoms. The second-order valence-corrected chi connectivity index (χ2v) is 9.30. The molecule has 3 aromatic rings. The van der Waals surface area contributed by atoms with Crippen molar-refractivity contribution in [1.82, 2.24) is 24.2 Å². The summed E-state index contributed by atoms with van der Waals surface area (Å²) in [6.07, 6.45) is 6.90. The highest BCUT2D eigenvalue weighted by molar-refractivity contribution is 7.89. The van der Waals surface area contributed by atoms with Gasteiger partial charge < -0.3 is 4.98 Å². The number of rotatable bonds is 3. The number of sulfonamides is 1. The highest BCUT2D eigenvalue weighted by Crippen LogP contribution is 2.34. The van der Waals surface area contributed by atoms with Crippen LogP contribution in [-0.2, 0) is 10.0 Å². The third-order valence-electron chi connectivity index (χ3n) is 4.94. The van der Waals surface area contributed by atoms with Crippen molar-refractivity contribution in [2.75, 3.05) is 13.1 Å². The fourth-order valence-corrected chi connectivity index (χ4v) is 4.95. The van der Waals surface area contributed by atoms with Crippen molar-refractivity contribution in [3.05, 3.63) is 30.5 Å². The van der Waals surface area contributed by atoms with Gasteiger partial charge in [-0.2, -0.15) is 0 Å². The number of aromatic amines is 1. The summed E-state index contributed by atoms with van der Waals surface area (Å²) >= 11 is 0. The van der Waals surface area contributed by atoms with Gasteiger partial charge in [-0.15, -0.1) is 0 Å². The summed E-state index contributed by atoms with van der Waals surface area (Å²) in [5.41, 5.74) is 2.51. The van der Waals surface area contributed by atoms with Gasteiger partial charge in [-0.1, -0.05) is 0 Å². The molecule has 0 saturated carbocycles. The quantitative estimate of drug-likeness (QED) is 0.775. The molecule has 1 aliphatic rings. The van der Waals surface area contributed by atoms with Crippen molar-refractivity contribution >= 4 is 32.0 Å². The highest BCUT2D eigenvalue weighted by atomic mass is 32.2. The molecule has 0 spiro atoms. The monoisotopic (exact) mass is 359 g/mol. The Bertz CT molecular complexity index is 1030. The number of fused-ring (bicyclic) bond motifs is 3. The first-order chi connectivity index (χ1) is 12.0. The van der Waals surface area contributed by atoms with Gasteiger partial charge in [-0.3, -0.25) is 0 Å². The largest absolute Gasteiger partial charge is 0.346 e. The van der Waals surface area contributed by atoms with Crippen molar-refractivity contribution < 1.29 is 8.42 Å². The number of piperidine rings is 1. The SMILES string of the molecule is CC(C)S(=O)(=O)N1CCCC(c2ncnc3cnc4[nH]ccc4c23)C1. The molecule has 0 radical (unpaired) electrons. The molecule has 4 rings (SSSR count). The molecule has 1 fully saturated rings. The molecule has 1 atom stereocenters. The maximum atomic E-state index is 12.6. The zero-order valence-electron chi connectivity index (χ0n) is 14.3. The minimum Gasteiger partial charge on any atom is -0.346 e. The van der Waals surface area contributed by atoms with E-state index in [2.05, 4.69) is 19.9 Å². The Morgan fingerprint density at radius 1 is 1.28 bits per heavy atom. The summed E-state index contributed by atoms with van der Waals surface area (Å²) in [5.74, 6) is 0.0632. The van der Waals surface area contributed by atoms with E-state index in [1.54, 1.807) is 30.7 Å². The third-order valence-corrected chi connectivity index (χ3v) is 7.19. The second-order valence-electron chi connectivity index (χ2n) is 6.81. The number of aromatic nitrogens is 4. The molecule has 7 nitrogen and oxygen atoms in total. The molecule has 0 amide bonds. The number of hydrogen-bond acceptors (Lipinski definition) is 5. The normalized spacial score (nSPS) is 19.9. The molecule has 25 heavy (non-hydrogen) atoms. The summed E-state index contributed by atoms with van der Waals surface area (Å²) in [4.78, 5) is 16.4. The van der Waals surface area contributed by atoms with E-state index >= 15 is 0 Å². The number of nitrogens with one attached hydrogen (secondary N) is 1. The lowest BCUT2D eigenvalue weighted by atomic mass is 9.93. The minimum atomic E-state index is -3.25. The van der Waals surface area contributed by atoms with E-state index in [1.807, 2.05) is 12.3 Å². The Balaban J connectivity index is 1.80. The van der Waals surface area contributed by atoms with Crippen LogP contribution in [0.15, 0.2) is 24.8 Å². The standard InChI is InChI=1S/C17H21N5O2S/c1-11(2)25(23,24)22-7-3-4-12(9-22)16-15-13-5-6-18-17(13)19-8-14(15)20-10-21-16/h5-6,8,10-12H,3-4,7,9H2,1-2H3,(H,18,19). The van der Waals surface area contributed by atoms with Gasteiger partial charge in [0.25, 0.3) is 0 Å². The molecule has 4 heterocycles. The first-order valence-corrected chi connectivity index (χ1v) is 10.0. The van der Waals surface area contributed by atoms with Crippen molar-refractivity contribution in [3.63, 3.8) is 0 Å². The van der Waals surface area contributed by atoms with Crippen molar-refractivity contribution in [3.8, 4) is 0 Å². The van der Waals surface area contributed by atoms with Gasteiger partial charge in [0, 0.05) is 36.0 Å². The lowest BCUT2D eigenvalue weighted by molar-refractivity contribution is 0.311. The Morgan fingerprint density at radius 3 is 2.92 bits per heavy atom. The maximum absolute atomic E-state index is 12.6. The summed E-state index contributed by atoms with van der Waals surface area (Å²) in [5, 5.41) is 1.55. The molecular formula is C17H21N5O2S. The van der Waals surface area contributed by atoms with Crippen LogP contribution in [0.3, 0.4) is 0 Å². The first kappa shape index (κ1) is 16.4. The number of nitrogens with zero attached hydrogens (tertiary/aromatic N) is 4. The van der Waals surface area contributed by atoms with Crippen molar-refractivity contribution in [1.29, 1.82) is 0 Å². The van der Waals surface area contributed by atoms with Crippen molar-refractivity contribution in [2.24, 2.45) is 0 Å². The van der Waals surface area contributed by atoms with Crippen LogP contribution in [0.5, 0.6) is 0 Å². The predicted octanol–water partition coefficient (Wildman–Crippen LogP) is 2.42. The smallest absolute Gasteiger partial charge is 0.216 e. The van der Waals surface area contributed by atoms with Crippen molar-refractivity contribution in [2.45, 2.75) is 37.9 Å². The van der Waals surface area contributed by atoms with E-state index in [0.29, 0.717) is 13.1 Å². The van der Waals surface area contributed by atoms with Gasteiger partial charge in [0.1, 0.15) is 12.0 Å². The van der Waals surface area contributed by atoms with Gasteiger partial charge in [-0.05, 0) is 32.8 Å². The summed E-state index contributed by atoms with van der Waals surface area (Å²) in [7, 11) is -3.25. The Kier molecular flexibility index (Phi) is 3.96. The second kappa shape index (κ2) is 6.03. The number of H-pyrrole nitrogens is 1. The van der Waals surface area contributed by atoms with Gasteiger partial charge in [-0.25, -0.2) is 27.7 Å². The van der Waals surface area contributed by atoms with E-state index in [4.69, 9.17) is 0 Å². The van der Waals surface area contributed by atoms with Crippen LogP contribution in [0, 0.1) is 0 Å². The fraction of sp³-hybridized carbons (Fsp3) is 0.471. The predicted molar refractivity (Wildman–Crippen MR) is 96.8 cm³/mol. The Hall–Kier alpha value is -2.06. The average molecular weight is 359 g/mol. The minimum absolute atomic E-state index is 0.0632. The van der Waals surface area contributed by atoms with Gasteiger partial charge >= 0.3 is 0 Å². The topological polar surface area (TPSA) is 91.8 Å². The van der Waals surface area contributed by atoms with Gasteiger partial charge in [0.05, 0.1) is 22.7 Å². The zero-order valence-corrected chi connectivity index (χ0v) is 15.1. The highest BCUT2D eigenvalue weighted by Gasteiger charge is 2.33. The molecule has 1 aliphatic heterocycles. The zero-order chi connectivity index (χ0) is 17.6. The van der Waals surface area contributed by atoms with Crippen LogP contribution in [0.25, 0.3) is 21.9 Å². The molecule has 1 unspecified atom stereocenters. The van der Waals surface area contributed by atoms with Crippen LogP contribution in [0.1, 0.15) is 38.3 Å². The average Bonchev–Trinajstić information content (AvgIpc) is 3.10. The Morgan fingerprint density at radius 2 is 2.12 bits per heavy atom. The maximum Gasteiger partial charge on any atom is 0.216 e. The number of hydrogen-bond donors (Lipinski definition) is 1. The fourth-order valence-electron chi connectivity index (χ4n) is 3.59. The molecule has 3 aromatic heterocycles. The van der Waals surface area contributed by atoms with Crippen LogP contribution in [0.2, 0.25) is 0 Å². The Labute approximate surface area is 146 Å². The van der Waals surface area contributed by atoms with Gasteiger partial charge in [0.2, 0.25) is 10.0 Å². The van der Waals surface area contributed by atoms with Gasteiger partial charge in [0.15, 0.2) is 0 Å². The molecule has 0 aromatic carbocycles. The van der Waals surface area contributed by atoms with E-state index < -0.39 is 15.3 Å². The summed E-state index contributed by atoms with van der Waals surface area (Å²) in [6, 6.07) is 1.98. The molecule has 0 bridgehead atoms.